The molecule has 1 aromatic carbocycles. The Morgan fingerprint density at radius 3 is 2.77 bits per heavy atom. The zero-order chi connectivity index (χ0) is 16.3. The lowest BCUT2D eigenvalue weighted by Crippen LogP contribution is -2.18. The molecule has 0 unspecified atom stereocenters. The Morgan fingerprint density at radius 2 is 2.14 bits per heavy atom. The molecule has 2 aromatic rings. The average molecular weight is 314 g/mol. The molecule has 0 spiro atoms. The van der Waals surface area contributed by atoms with Crippen molar-refractivity contribution in [3.8, 4) is 5.75 Å². The van der Waals surface area contributed by atoms with Gasteiger partial charge in [-0.2, -0.15) is 13.2 Å². The zero-order valence-corrected chi connectivity index (χ0v) is 11.8. The van der Waals surface area contributed by atoms with Crippen LogP contribution in [0.1, 0.15) is 29.1 Å². The van der Waals surface area contributed by atoms with Crippen molar-refractivity contribution >= 4 is 11.6 Å². The topological polar surface area (TPSA) is 64.4 Å². The van der Waals surface area contributed by atoms with Gasteiger partial charge in [0.25, 0.3) is 5.91 Å². The van der Waals surface area contributed by atoms with E-state index in [0.29, 0.717) is 18.0 Å². The number of rotatable bonds is 4. The van der Waals surface area contributed by atoms with Crippen molar-refractivity contribution < 1.29 is 27.1 Å². The summed E-state index contributed by atoms with van der Waals surface area (Å²) in [7, 11) is 0. The first-order valence-electron chi connectivity index (χ1n) is 6.40. The Labute approximate surface area is 124 Å². The molecule has 1 heterocycles. The number of aromatic nitrogens is 1. The summed E-state index contributed by atoms with van der Waals surface area (Å²) in [5.74, 6) is -2.16. The van der Waals surface area contributed by atoms with Crippen LogP contribution in [0.25, 0.3) is 0 Å². The fraction of sp³-hybridized carbons (Fsp3) is 0.286. The van der Waals surface area contributed by atoms with Crippen LogP contribution >= 0.6 is 0 Å². The molecular weight excluding hydrogens is 301 g/mol. The Bertz CT molecular complexity index is 680. The zero-order valence-electron chi connectivity index (χ0n) is 11.8. The Balaban J connectivity index is 2.25. The number of aryl methyl sites for hydroxylation is 1. The van der Waals surface area contributed by atoms with Crippen LogP contribution in [0, 0.1) is 6.92 Å². The normalized spacial score (nSPS) is 11.3. The number of carbonyl (C=O) groups excluding carboxylic acids is 1. The highest BCUT2D eigenvalue weighted by Crippen LogP contribution is 2.33. The third kappa shape index (κ3) is 3.57. The highest BCUT2D eigenvalue weighted by Gasteiger charge is 2.41. The van der Waals surface area contributed by atoms with Crippen LogP contribution in [-0.4, -0.2) is 17.5 Å². The van der Waals surface area contributed by atoms with Gasteiger partial charge in [0.2, 0.25) is 5.76 Å². The Kier molecular flexibility index (Phi) is 4.39. The number of halogens is 3. The first-order chi connectivity index (χ1) is 10.3. The van der Waals surface area contributed by atoms with E-state index in [1.807, 2.05) is 0 Å². The minimum absolute atomic E-state index is 0.236. The van der Waals surface area contributed by atoms with E-state index in [0.717, 1.165) is 0 Å². The minimum atomic E-state index is -4.79. The summed E-state index contributed by atoms with van der Waals surface area (Å²) in [6, 6.07) is 6.31. The van der Waals surface area contributed by atoms with E-state index in [-0.39, 0.29) is 5.89 Å². The molecule has 0 aliphatic rings. The molecular formula is C14H13F3N2O3. The quantitative estimate of drug-likeness (QED) is 0.935. The molecule has 0 atom stereocenters. The molecule has 1 N–H and O–H groups in total. The Hall–Kier alpha value is -2.51. The van der Waals surface area contributed by atoms with Gasteiger partial charge in [-0.05, 0) is 19.1 Å². The van der Waals surface area contributed by atoms with Gasteiger partial charge in [0, 0.05) is 18.7 Å². The lowest BCUT2D eigenvalue weighted by molar-refractivity contribution is -0.153. The summed E-state index contributed by atoms with van der Waals surface area (Å²) in [5.41, 5.74) is -0.503. The Morgan fingerprint density at radius 1 is 1.41 bits per heavy atom. The first-order valence-corrected chi connectivity index (χ1v) is 6.40. The van der Waals surface area contributed by atoms with Crippen molar-refractivity contribution in [2.75, 3.05) is 11.9 Å². The second-order valence-electron chi connectivity index (χ2n) is 4.32. The first kappa shape index (κ1) is 15.9. The average Bonchev–Trinajstić information content (AvgIpc) is 2.82. The monoisotopic (exact) mass is 314 g/mol. The van der Waals surface area contributed by atoms with Gasteiger partial charge in [-0.1, -0.05) is 6.07 Å². The molecule has 0 fully saturated rings. The molecule has 0 aliphatic heterocycles. The van der Waals surface area contributed by atoms with Gasteiger partial charge in [0.05, 0.1) is 6.61 Å². The number of hydrogen-bond donors (Lipinski definition) is 1. The molecule has 0 bridgehead atoms. The van der Waals surface area contributed by atoms with E-state index in [1.54, 1.807) is 19.1 Å². The molecule has 0 radical (unpaired) electrons. The standard InChI is InChI=1S/C14H13F3N2O3/c1-3-21-10-6-4-5-9(7-10)19-13(20)11-12(14(15,16)17)22-8(2)18-11/h4-7H,3H2,1-2H3,(H,19,20). The van der Waals surface area contributed by atoms with Crippen LogP contribution in [0.15, 0.2) is 28.7 Å². The van der Waals surface area contributed by atoms with E-state index in [1.165, 1.54) is 19.1 Å². The van der Waals surface area contributed by atoms with Gasteiger partial charge in [0.15, 0.2) is 11.6 Å². The van der Waals surface area contributed by atoms with Gasteiger partial charge < -0.3 is 14.5 Å². The third-order valence-electron chi connectivity index (χ3n) is 2.61. The lowest BCUT2D eigenvalue weighted by atomic mass is 10.2. The maximum atomic E-state index is 12.8. The number of carbonyl (C=O) groups is 1. The second kappa shape index (κ2) is 6.08. The van der Waals surface area contributed by atoms with E-state index in [9.17, 15) is 18.0 Å². The largest absolute Gasteiger partial charge is 0.494 e. The minimum Gasteiger partial charge on any atom is -0.494 e. The number of oxazole rings is 1. The maximum absolute atomic E-state index is 12.8. The molecule has 0 saturated heterocycles. The van der Waals surface area contributed by atoms with Gasteiger partial charge in [-0.3, -0.25) is 4.79 Å². The number of hydrogen-bond acceptors (Lipinski definition) is 4. The summed E-state index contributed by atoms with van der Waals surface area (Å²) in [5, 5.41) is 2.34. The predicted molar refractivity (Wildman–Crippen MR) is 71.8 cm³/mol. The van der Waals surface area contributed by atoms with Crippen molar-refractivity contribution in [3.05, 3.63) is 41.6 Å². The summed E-state index contributed by atoms with van der Waals surface area (Å²) in [6.45, 7) is 3.46. The number of amides is 1. The third-order valence-corrected chi connectivity index (χ3v) is 2.61. The van der Waals surface area contributed by atoms with Gasteiger partial charge in [-0.15, -0.1) is 0 Å². The molecule has 8 heteroatoms. The summed E-state index contributed by atoms with van der Waals surface area (Å²) in [4.78, 5) is 15.5. The van der Waals surface area contributed by atoms with E-state index in [4.69, 9.17) is 4.74 Å². The smallest absolute Gasteiger partial charge is 0.452 e. The fourth-order valence-corrected chi connectivity index (χ4v) is 1.79. The SMILES string of the molecule is CCOc1cccc(NC(=O)c2nc(C)oc2C(F)(F)F)c1. The van der Waals surface area contributed by atoms with Crippen molar-refractivity contribution in [2.45, 2.75) is 20.0 Å². The van der Waals surface area contributed by atoms with E-state index >= 15 is 0 Å². The van der Waals surface area contributed by atoms with Gasteiger partial charge in [0.1, 0.15) is 5.75 Å². The van der Waals surface area contributed by atoms with Crippen LogP contribution in [-0.2, 0) is 6.18 Å². The van der Waals surface area contributed by atoms with E-state index in [2.05, 4.69) is 14.7 Å². The summed E-state index contributed by atoms with van der Waals surface area (Å²) >= 11 is 0. The summed E-state index contributed by atoms with van der Waals surface area (Å²) in [6.07, 6.45) is -4.79. The van der Waals surface area contributed by atoms with E-state index < -0.39 is 23.5 Å². The highest BCUT2D eigenvalue weighted by atomic mass is 19.4. The number of anilines is 1. The van der Waals surface area contributed by atoms with Crippen LogP contribution in [0.5, 0.6) is 5.75 Å². The van der Waals surface area contributed by atoms with Crippen molar-refractivity contribution in [2.24, 2.45) is 0 Å². The van der Waals surface area contributed by atoms with Crippen LogP contribution in [0.2, 0.25) is 0 Å². The number of nitrogens with zero attached hydrogens (tertiary/aromatic N) is 1. The molecule has 22 heavy (non-hydrogen) atoms. The number of benzene rings is 1. The van der Waals surface area contributed by atoms with Crippen LogP contribution in [0.4, 0.5) is 18.9 Å². The molecule has 118 valence electrons. The summed E-state index contributed by atoms with van der Waals surface area (Å²) < 4.78 is 48.1. The molecule has 1 amide bonds. The molecule has 0 saturated carbocycles. The fourth-order valence-electron chi connectivity index (χ4n) is 1.79. The number of ether oxygens (including phenoxy) is 1. The molecule has 0 aliphatic carbocycles. The van der Waals surface area contributed by atoms with Crippen LogP contribution < -0.4 is 10.1 Å². The lowest BCUT2D eigenvalue weighted by Gasteiger charge is -2.08. The molecule has 5 nitrogen and oxygen atoms in total. The van der Waals surface area contributed by atoms with Crippen molar-refractivity contribution in [3.63, 3.8) is 0 Å². The maximum Gasteiger partial charge on any atom is 0.452 e. The molecule has 2 rings (SSSR count). The highest BCUT2D eigenvalue weighted by molar-refractivity contribution is 6.03. The predicted octanol–water partition coefficient (Wildman–Crippen LogP) is 3.65. The second-order valence-corrected chi connectivity index (χ2v) is 4.32. The van der Waals surface area contributed by atoms with Gasteiger partial charge >= 0.3 is 6.18 Å². The number of alkyl halides is 3. The van der Waals surface area contributed by atoms with Crippen molar-refractivity contribution in [1.29, 1.82) is 0 Å². The van der Waals surface area contributed by atoms with Gasteiger partial charge in [-0.25, -0.2) is 4.98 Å². The van der Waals surface area contributed by atoms with Crippen LogP contribution in [0.3, 0.4) is 0 Å². The molecule has 1 aromatic heterocycles. The number of nitrogens with one attached hydrogen (secondary N) is 1. The van der Waals surface area contributed by atoms with Crippen molar-refractivity contribution in [1.82, 2.24) is 4.98 Å².